The van der Waals surface area contributed by atoms with Crippen molar-refractivity contribution in [1.82, 2.24) is 0 Å². The van der Waals surface area contributed by atoms with Crippen LogP contribution in [0.15, 0.2) is 34.9 Å². The Morgan fingerprint density at radius 3 is 2.48 bits per heavy atom. The molecular formula is C22H20O5. The van der Waals surface area contributed by atoms with Gasteiger partial charge in [0, 0.05) is 32.9 Å². The number of ether oxygens (including phenoxy) is 2. The molecule has 1 unspecified atom stereocenters. The van der Waals surface area contributed by atoms with E-state index in [1.807, 2.05) is 24.3 Å². The van der Waals surface area contributed by atoms with Crippen molar-refractivity contribution in [3.8, 4) is 11.5 Å². The molecule has 0 radical (unpaired) electrons. The minimum Gasteiger partial charge on any atom is -0.496 e. The van der Waals surface area contributed by atoms with Gasteiger partial charge < -0.3 is 19.0 Å². The van der Waals surface area contributed by atoms with Crippen molar-refractivity contribution in [3.63, 3.8) is 0 Å². The highest BCUT2D eigenvalue weighted by atomic mass is 16.5. The maximum absolute atomic E-state index is 13.2. The third kappa shape index (κ3) is 1.95. The summed E-state index contributed by atoms with van der Waals surface area (Å²) in [4.78, 5) is 13.2. The Hall–Kier alpha value is -2.79. The summed E-state index contributed by atoms with van der Waals surface area (Å²) >= 11 is 0. The van der Waals surface area contributed by atoms with Crippen LogP contribution in [0.3, 0.4) is 0 Å². The summed E-state index contributed by atoms with van der Waals surface area (Å²) in [6, 6.07) is 7.65. The molecular weight excluding hydrogens is 344 g/mol. The predicted octanol–water partition coefficient (Wildman–Crippen LogP) is 4.13. The molecule has 3 aromatic rings. The molecule has 1 heterocycles. The highest BCUT2D eigenvalue weighted by molar-refractivity contribution is 6.14. The monoisotopic (exact) mass is 364 g/mol. The molecule has 1 N–H and O–H groups in total. The van der Waals surface area contributed by atoms with Crippen LogP contribution in [-0.4, -0.2) is 25.1 Å². The first-order valence-corrected chi connectivity index (χ1v) is 9.03. The molecule has 2 aliphatic carbocycles. The number of benzene rings is 2. The number of ketones is 1. The lowest BCUT2D eigenvalue weighted by molar-refractivity contribution is 0.0994. The highest BCUT2D eigenvalue weighted by Gasteiger charge is 2.48. The van der Waals surface area contributed by atoms with E-state index < -0.39 is 6.10 Å². The second-order valence-corrected chi connectivity index (χ2v) is 7.52. The molecule has 0 aliphatic heterocycles. The third-order valence-electron chi connectivity index (χ3n) is 6.21. The van der Waals surface area contributed by atoms with Gasteiger partial charge in [-0.3, -0.25) is 4.79 Å². The van der Waals surface area contributed by atoms with E-state index in [4.69, 9.17) is 13.9 Å². The first kappa shape index (κ1) is 16.4. The molecule has 5 rings (SSSR count). The van der Waals surface area contributed by atoms with Crippen molar-refractivity contribution in [3.05, 3.63) is 58.5 Å². The normalized spacial score (nSPS) is 23.1. The smallest absolute Gasteiger partial charge is 0.228 e. The Kier molecular flexibility index (Phi) is 3.25. The van der Waals surface area contributed by atoms with Crippen LogP contribution in [0, 0.1) is 0 Å². The lowest BCUT2D eigenvalue weighted by Gasteiger charge is -2.40. The Bertz CT molecular complexity index is 1110. The number of furan rings is 1. The molecule has 5 heteroatoms. The molecule has 2 atom stereocenters. The Morgan fingerprint density at radius 2 is 1.81 bits per heavy atom. The molecule has 0 amide bonds. The van der Waals surface area contributed by atoms with Crippen LogP contribution in [0.5, 0.6) is 11.5 Å². The highest BCUT2D eigenvalue weighted by Crippen LogP contribution is 2.53. The van der Waals surface area contributed by atoms with Crippen molar-refractivity contribution in [2.75, 3.05) is 14.2 Å². The van der Waals surface area contributed by atoms with E-state index in [2.05, 4.69) is 6.92 Å². The Morgan fingerprint density at radius 1 is 1.15 bits per heavy atom. The van der Waals surface area contributed by atoms with Crippen molar-refractivity contribution < 1.29 is 23.8 Å². The number of hydrogen-bond acceptors (Lipinski definition) is 5. The summed E-state index contributed by atoms with van der Waals surface area (Å²) in [6.07, 6.45) is 2.32. The summed E-state index contributed by atoms with van der Waals surface area (Å²) in [6.45, 7) is 2.13. The lowest BCUT2D eigenvalue weighted by atomic mass is 9.62. The van der Waals surface area contributed by atoms with Gasteiger partial charge in [0.15, 0.2) is 5.76 Å². The number of aliphatic hydroxyl groups excluding tert-OH is 1. The van der Waals surface area contributed by atoms with Crippen molar-refractivity contribution in [1.29, 1.82) is 0 Å². The van der Waals surface area contributed by atoms with E-state index in [1.54, 1.807) is 14.2 Å². The topological polar surface area (TPSA) is 68.9 Å². The van der Waals surface area contributed by atoms with E-state index in [0.29, 0.717) is 23.5 Å². The minimum atomic E-state index is -0.588. The maximum atomic E-state index is 13.2. The average molecular weight is 364 g/mol. The number of hydrogen-bond donors (Lipinski definition) is 1. The molecule has 0 fully saturated rings. The molecule has 0 saturated heterocycles. The summed E-state index contributed by atoms with van der Waals surface area (Å²) in [5, 5.41) is 12.1. The van der Waals surface area contributed by atoms with Gasteiger partial charge in [-0.2, -0.15) is 0 Å². The van der Waals surface area contributed by atoms with E-state index in [9.17, 15) is 9.90 Å². The van der Waals surface area contributed by atoms with E-state index in [0.717, 1.165) is 39.6 Å². The van der Waals surface area contributed by atoms with Gasteiger partial charge in [-0.15, -0.1) is 0 Å². The fourth-order valence-electron chi connectivity index (χ4n) is 4.79. The van der Waals surface area contributed by atoms with Gasteiger partial charge in [0.1, 0.15) is 11.5 Å². The molecule has 2 aliphatic rings. The molecule has 0 bridgehead atoms. The minimum absolute atomic E-state index is 0.149. The van der Waals surface area contributed by atoms with Crippen molar-refractivity contribution >= 4 is 16.6 Å². The van der Waals surface area contributed by atoms with Crippen molar-refractivity contribution in [2.45, 2.75) is 31.3 Å². The number of carbonyl (C=O) groups is 1. The second-order valence-electron chi connectivity index (χ2n) is 7.52. The summed E-state index contributed by atoms with van der Waals surface area (Å²) in [7, 11) is 3.25. The number of fused-ring (bicyclic) bond motifs is 3. The zero-order chi connectivity index (χ0) is 18.9. The second kappa shape index (κ2) is 5.36. The van der Waals surface area contributed by atoms with Gasteiger partial charge in [0.25, 0.3) is 0 Å². The first-order chi connectivity index (χ1) is 13.0. The quantitative estimate of drug-likeness (QED) is 0.740. The molecule has 0 saturated carbocycles. The van der Waals surface area contributed by atoms with Crippen LogP contribution in [0.4, 0.5) is 0 Å². The van der Waals surface area contributed by atoms with Crippen LogP contribution in [0.25, 0.3) is 10.8 Å². The van der Waals surface area contributed by atoms with Gasteiger partial charge in [-0.25, -0.2) is 0 Å². The van der Waals surface area contributed by atoms with Crippen LogP contribution in [-0.2, 0) is 5.41 Å². The van der Waals surface area contributed by atoms with Crippen LogP contribution >= 0.6 is 0 Å². The molecule has 1 aromatic heterocycles. The van der Waals surface area contributed by atoms with Crippen LogP contribution in [0.2, 0.25) is 0 Å². The average Bonchev–Trinajstić information content (AvgIpc) is 3.15. The molecule has 138 valence electrons. The van der Waals surface area contributed by atoms with E-state index in [1.165, 1.54) is 6.26 Å². The zero-order valence-corrected chi connectivity index (χ0v) is 15.5. The number of aliphatic hydroxyl groups is 1. The van der Waals surface area contributed by atoms with Gasteiger partial charge in [0.05, 0.1) is 26.6 Å². The first-order valence-electron chi connectivity index (χ1n) is 9.03. The SMILES string of the molecule is COc1ccc(OC)c2cc3c(cc12)C(=O)c1occ2c1[C@@]3(C)CCC2O. The van der Waals surface area contributed by atoms with Crippen LogP contribution in [0.1, 0.15) is 58.7 Å². The Labute approximate surface area is 156 Å². The van der Waals surface area contributed by atoms with Crippen LogP contribution < -0.4 is 9.47 Å². The fraction of sp³-hybridized carbons (Fsp3) is 0.318. The van der Waals surface area contributed by atoms with Crippen molar-refractivity contribution in [2.24, 2.45) is 0 Å². The van der Waals surface area contributed by atoms with Gasteiger partial charge in [-0.1, -0.05) is 6.92 Å². The molecule has 0 spiro atoms. The maximum Gasteiger partial charge on any atom is 0.228 e. The zero-order valence-electron chi connectivity index (χ0n) is 15.5. The van der Waals surface area contributed by atoms with Gasteiger partial charge in [0.2, 0.25) is 5.78 Å². The van der Waals surface area contributed by atoms with E-state index >= 15 is 0 Å². The number of carbonyl (C=O) groups excluding carboxylic acids is 1. The molecule has 2 aromatic carbocycles. The molecule has 27 heavy (non-hydrogen) atoms. The van der Waals surface area contributed by atoms with Gasteiger partial charge >= 0.3 is 0 Å². The summed E-state index contributed by atoms with van der Waals surface area (Å²) in [5.74, 6) is 1.62. The largest absolute Gasteiger partial charge is 0.496 e. The third-order valence-corrected chi connectivity index (χ3v) is 6.21. The Balaban J connectivity index is 1.88. The fourth-order valence-corrected chi connectivity index (χ4v) is 4.79. The van der Waals surface area contributed by atoms with E-state index in [-0.39, 0.29) is 11.2 Å². The number of rotatable bonds is 2. The number of methoxy groups -OCH3 is 2. The summed E-state index contributed by atoms with van der Waals surface area (Å²) < 4.78 is 16.7. The standard InChI is InChI=1S/C22H20O5/c1-22-7-6-16(23)14-10-27-21(19(14)22)20(24)13-8-11-12(9-15(13)22)18(26-3)5-4-17(11)25-2/h4-5,8-10,16,23H,6-7H2,1-3H3/t16?,22-/m0/s1. The molecule has 5 nitrogen and oxygen atoms in total. The van der Waals surface area contributed by atoms with Gasteiger partial charge in [-0.05, 0) is 42.7 Å². The lowest BCUT2D eigenvalue weighted by Crippen LogP contribution is -2.36. The predicted molar refractivity (Wildman–Crippen MR) is 99.8 cm³/mol. The summed E-state index contributed by atoms with van der Waals surface area (Å²) in [5.41, 5.74) is 2.76.